The SMILES string of the molecule is CC(=O)CCCCCCCCCCC(C)=O.CNCC(C)=O. The quantitative estimate of drug-likeness (QED) is 0.524. The maximum atomic E-state index is 10.7. The zero-order chi connectivity index (χ0) is 17.2. The highest BCUT2D eigenvalue weighted by Crippen LogP contribution is 2.10. The van der Waals surface area contributed by atoms with Crippen molar-refractivity contribution in [3.05, 3.63) is 0 Å². The Morgan fingerprint density at radius 3 is 1.09 bits per heavy atom. The zero-order valence-electron chi connectivity index (χ0n) is 15.0. The van der Waals surface area contributed by atoms with Crippen LogP contribution in [0.2, 0.25) is 0 Å². The first-order valence-electron chi connectivity index (χ1n) is 8.53. The number of rotatable bonds is 13. The van der Waals surface area contributed by atoms with Gasteiger partial charge < -0.3 is 14.9 Å². The van der Waals surface area contributed by atoms with Crippen LogP contribution in [0.3, 0.4) is 0 Å². The highest BCUT2D eigenvalue weighted by atomic mass is 16.1. The van der Waals surface area contributed by atoms with Crippen molar-refractivity contribution in [2.45, 2.75) is 85.0 Å². The second kappa shape index (κ2) is 18.0. The van der Waals surface area contributed by atoms with Gasteiger partial charge in [0.1, 0.15) is 17.3 Å². The molecule has 0 unspecified atom stereocenters. The number of carbonyl (C=O) groups excluding carboxylic acids is 3. The highest BCUT2D eigenvalue weighted by Gasteiger charge is 1.96. The van der Waals surface area contributed by atoms with Crippen molar-refractivity contribution in [3.63, 3.8) is 0 Å². The van der Waals surface area contributed by atoms with Crippen LogP contribution in [0.4, 0.5) is 0 Å². The van der Waals surface area contributed by atoms with E-state index in [1.807, 2.05) is 0 Å². The van der Waals surface area contributed by atoms with Gasteiger partial charge in [-0.15, -0.1) is 0 Å². The second-order valence-corrected chi connectivity index (χ2v) is 5.96. The molecule has 0 heterocycles. The lowest BCUT2D eigenvalue weighted by molar-refractivity contribution is -0.118. The van der Waals surface area contributed by atoms with Gasteiger partial charge in [0, 0.05) is 12.8 Å². The molecular formula is C18H35NO3. The molecule has 0 aromatic heterocycles. The van der Waals surface area contributed by atoms with Crippen LogP contribution in [0.15, 0.2) is 0 Å². The number of nitrogens with one attached hydrogen (secondary N) is 1. The van der Waals surface area contributed by atoms with E-state index >= 15 is 0 Å². The van der Waals surface area contributed by atoms with Crippen molar-refractivity contribution >= 4 is 17.3 Å². The van der Waals surface area contributed by atoms with Crippen molar-refractivity contribution < 1.29 is 14.4 Å². The monoisotopic (exact) mass is 313 g/mol. The van der Waals surface area contributed by atoms with Crippen molar-refractivity contribution in [3.8, 4) is 0 Å². The van der Waals surface area contributed by atoms with Gasteiger partial charge in [-0.2, -0.15) is 0 Å². The number of ketones is 3. The first-order valence-corrected chi connectivity index (χ1v) is 8.53. The molecule has 22 heavy (non-hydrogen) atoms. The predicted molar refractivity (Wildman–Crippen MR) is 92.1 cm³/mol. The Labute approximate surface area is 136 Å². The summed E-state index contributed by atoms with van der Waals surface area (Å²) in [6.45, 7) is 5.36. The average Bonchev–Trinajstić information content (AvgIpc) is 2.40. The van der Waals surface area contributed by atoms with Gasteiger partial charge in [0.15, 0.2) is 0 Å². The largest absolute Gasteiger partial charge is 0.313 e. The normalized spacial score (nSPS) is 9.82. The van der Waals surface area contributed by atoms with Crippen LogP contribution in [0.5, 0.6) is 0 Å². The van der Waals surface area contributed by atoms with Crippen LogP contribution in [-0.4, -0.2) is 30.9 Å². The van der Waals surface area contributed by atoms with Crippen molar-refractivity contribution in [2.24, 2.45) is 0 Å². The summed E-state index contributed by atoms with van der Waals surface area (Å²) < 4.78 is 0. The molecule has 0 saturated heterocycles. The third-order valence-electron chi connectivity index (χ3n) is 3.23. The number of hydrogen-bond acceptors (Lipinski definition) is 4. The fraction of sp³-hybridized carbons (Fsp3) is 0.833. The van der Waals surface area contributed by atoms with E-state index in [-0.39, 0.29) is 5.78 Å². The molecule has 4 heteroatoms. The molecular weight excluding hydrogens is 278 g/mol. The van der Waals surface area contributed by atoms with E-state index in [1.165, 1.54) is 38.5 Å². The Kier molecular flexibility index (Phi) is 19.0. The minimum Gasteiger partial charge on any atom is -0.313 e. The van der Waals surface area contributed by atoms with Gasteiger partial charge in [-0.05, 0) is 40.7 Å². The second-order valence-electron chi connectivity index (χ2n) is 5.96. The van der Waals surface area contributed by atoms with Gasteiger partial charge >= 0.3 is 0 Å². The van der Waals surface area contributed by atoms with Gasteiger partial charge in [0.25, 0.3) is 0 Å². The van der Waals surface area contributed by atoms with Crippen LogP contribution < -0.4 is 5.32 Å². The topological polar surface area (TPSA) is 63.2 Å². The van der Waals surface area contributed by atoms with E-state index in [1.54, 1.807) is 27.8 Å². The van der Waals surface area contributed by atoms with Gasteiger partial charge in [0.05, 0.1) is 6.54 Å². The molecule has 0 aliphatic carbocycles. The maximum absolute atomic E-state index is 10.7. The molecule has 0 saturated carbocycles. The Morgan fingerprint density at radius 2 is 0.909 bits per heavy atom. The van der Waals surface area contributed by atoms with Gasteiger partial charge in [-0.3, -0.25) is 4.79 Å². The molecule has 0 aromatic carbocycles. The minimum absolute atomic E-state index is 0.178. The van der Waals surface area contributed by atoms with E-state index in [9.17, 15) is 14.4 Å². The highest BCUT2D eigenvalue weighted by molar-refractivity contribution is 5.77. The molecule has 0 aliphatic heterocycles. The smallest absolute Gasteiger partial charge is 0.143 e. The summed E-state index contributed by atoms with van der Waals surface area (Å²) in [5, 5.41) is 2.72. The third kappa shape index (κ3) is 27.3. The molecule has 0 aliphatic rings. The van der Waals surface area contributed by atoms with E-state index in [0.717, 1.165) is 25.7 Å². The predicted octanol–water partition coefficient (Wildman–Crippen LogP) is 3.86. The van der Waals surface area contributed by atoms with Crippen LogP contribution >= 0.6 is 0 Å². The molecule has 0 spiro atoms. The summed E-state index contributed by atoms with van der Waals surface area (Å²) in [6, 6.07) is 0. The number of likely N-dealkylation sites (N-methyl/N-ethyl adjacent to an activating group) is 1. The van der Waals surface area contributed by atoms with Crippen LogP contribution in [-0.2, 0) is 14.4 Å². The van der Waals surface area contributed by atoms with Crippen molar-refractivity contribution in [1.29, 1.82) is 0 Å². The first kappa shape index (κ1) is 23.2. The molecule has 130 valence electrons. The molecule has 0 aromatic rings. The van der Waals surface area contributed by atoms with Crippen LogP contribution in [0.25, 0.3) is 0 Å². The lowest BCUT2D eigenvalue weighted by atomic mass is 10.1. The third-order valence-corrected chi connectivity index (χ3v) is 3.23. The summed E-state index contributed by atoms with van der Waals surface area (Å²) in [5.41, 5.74) is 0. The van der Waals surface area contributed by atoms with E-state index in [4.69, 9.17) is 0 Å². The molecule has 0 amide bonds. The Bertz CT molecular complexity index is 279. The number of carbonyl (C=O) groups is 3. The molecule has 0 rings (SSSR count). The molecule has 0 fully saturated rings. The lowest BCUT2D eigenvalue weighted by Crippen LogP contribution is -2.14. The molecule has 0 radical (unpaired) electrons. The zero-order valence-corrected chi connectivity index (χ0v) is 15.0. The standard InChI is InChI=1S/C14H26O2.C4H9NO/c1-13(15)11-9-7-5-3-4-6-8-10-12-14(2)16;1-4(6)3-5-2/h3-12H2,1-2H3;5H,3H2,1-2H3. The molecule has 0 bridgehead atoms. The summed E-state index contributed by atoms with van der Waals surface area (Å²) in [7, 11) is 1.75. The van der Waals surface area contributed by atoms with E-state index in [0.29, 0.717) is 18.1 Å². The molecule has 4 nitrogen and oxygen atoms in total. The van der Waals surface area contributed by atoms with Crippen LogP contribution in [0, 0.1) is 0 Å². The van der Waals surface area contributed by atoms with Gasteiger partial charge in [-0.1, -0.05) is 38.5 Å². The Hall–Kier alpha value is -1.03. The summed E-state index contributed by atoms with van der Waals surface area (Å²) in [5.74, 6) is 0.797. The molecule has 0 atom stereocenters. The number of hydrogen-bond donors (Lipinski definition) is 1. The van der Waals surface area contributed by atoms with E-state index in [2.05, 4.69) is 5.32 Å². The fourth-order valence-electron chi connectivity index (χ4n) is 2.06. The van der Waals surface area contributed by atoms with Gasteiger partial charge in [-0.25, -0.2) is 0 Å². The molecule has 1 N–H and O–H groups in total. The van der Waals surface area contributed by atoms with Crippen molar-refractivity contribution in [2.75, 3.05) is 13.6 Å². The van der Waals surface area contributed by atoms with Crippen LogP contribution in [0.1, 0.15) is 85.0 Å². The fourth-order valence-corrected chi connectivity index (χ4v) is 2.06. The maximum Gasteiger partial charge on any atom is 0.143 e. The Morgan fingerprint density at radius 1 is 0.591 bits per heavy atom. The average molecular weight is 313 g/mol. The van der Waals surface area contributed by atoms with E-state index < -0.39 is 0 Å². The van der Waals surface area contributed by atoms with Gasteiger partial charge in [0.2, 0.25) is 0 Å². The Balaban J connectivity index is 0. The lowest BCUT2D eigenvalue weighted by Gasteiger charge is -2.01. The summed E-state index contributed by atoms with van der Waals surface area (Å²) >= 11 is 0. The number of unbranched alkanes of at least 4 members (excludes halogenated alkanes) is 7. The first-order chi connectivity index (χ1) is 10.4. The minimum atomic E-state index is 0.178. The number of Topliss-reactive ketones (excluding diaryl/α,β-unsaturated/α-hetero) is 3. The summed E-state index contributed by atoms with van der Waals surface area (Å²) in [6.07, 6.45) is 11.0. The van der Waals surface area contributed by atoms with Crippen molar-refractivity contribution in [1.82, 2.24) is 5.32 Å². The summed E-state index contributed by atoms with van der Waals surface area (Å²) in [4.78, 5) is 31.3.